The van der Waals surface area contributed by atoms with Crippen molar-refractivity contribution in [1.29, 1.82) is 0 Å². The molecule has 1 atom stereocenters. The molecule has 0 radical (unpaired) electrons. The Balaban J connectivity index is -0.000000494. The van der Waals surface area contributed by atoms with Crippen LogP contribution in [0, 0.1) is 0 Å². The van der Waals surface area contributed by atoms with Crippen LogP contribution in [0.2, 0.25) is 0 Å². The molecule has 46 heavy (non-hydrogen) atoms. The lowest BCUT2D eigenvalue weighted by Gasteiger charge is -2.10. The van der Waals surface area contributed by atoms with Crippen LogP contribution in [-0.2, 0) is 4.79 Å². The zero-order valence-electron chi connectivity index (χ0n) is 26.8. The van der Waals surface area contributed by atoms with Crippen molar-refractivity contribution in [3.05, 3.63) is 114 Å². The molecule has 12 heteroatoms. The van der Waals surface area contributed by atoms with Gasteiger partial charge in [-0.2, -0.15) is 0 Å². The van der Waals surface area contributed by atoms with Gasteiger partial charge in [-0.05, 0) is 70.5 Å². The Bertz CT molecular complexity index is 1140. The standard InChI is InChI=1S/C9H8O2.2C7H6O2.2C4H10O2.C3H8O2/c10-9(11)7-6-8-4-2-1-3-5-8;2*8-7(9)6-4-2-1-3-5-6;2*1-4(2,6)3-5;1-3(5)2-4/h1-7H,(H,10,11);2*1-5H,(H,8,9);2*5-6H,3H2,1-2H3;3-5H,2H2,1H3. The normalized spacial score (nSPS) is 10.7. The minimum atomic E-state index is -0.922. The molecule has 0 aliphatic heterocycles. The van der Waals surface area contributed by atoms with Crippen LogP contribution in [0.3, 0.4) is 0 Å². The van der Waals surface area contributed by atoms with Crippen LogP contribution in [0.4, 0.5) is 0 Å². The van der Waals surface area contributed by atoms with Crippen molar-refractivity contribution in [1.82, 2.24) is 0 Å². The van der Waals surface area contributed by atoms with Crippen LogP contribution in [0.15, 0.2) is 97.1 Å². The van der Waals surface area contributed by atoms with Crippen molar-refractivity contribution in [2.45, 2.75) is 51.9 Å². The number of rotatable bonds is 7. The number of aliphatic hydroxyl groups is 6. The lowest BCUT2D eigenvalue weighted by molar-refractivity contribution is -0.131. The molecule has 3 rings (SSSR count). The van der Waals surface area contributed by atoms with Gasteiger partial charge in [-0.25, -0.2) is 14.4 Å². The number of carboxylic acid groups (broad SMARTS) is 3. The van der Waals surface area contributed by atoms with Gasteiger partial charge in [0.1, 0.15) is 0 Å². The van der Waals surface area contributed by atoms with Gasteiger partial charge in [0.25, 0.3) is 0 Å². The van der Waals surface area contributed by atoms with E-state index in [0.29, 0.717) is 11.1 Å². The van der Waals surface area contributed by atoms with E-state index in [9.17, 15) is 14.4 Å². The molecule has 256 valence electrons. The molecular weight excluding hydrogens is 600 g/mol. The third-order valence-corrected chi connectivity index (χ3v) is 4.30. The van der Waals surface area contributed by atoms with Crippen molar-refractivity contribution in [2.75, 3.05) is 19.8 Å². The number of carbonyl (C=O) groups is 3. The Morgan fingerprint density at radius 2 is 0.891 bits per heavy atom. The number of aromatic carboxylic acids is 2. The van der Waals surface area contributed by atoms with Gasteiger partial charge in [0.2, 0.25) is 0 Å². The minimum Gasteiger partial charge on any atom is -0.478 e. The largest absolute Gasteiger partial charge is 0.478 e. The molecule has 12 nitrogen and oxygen atoms in total. The summed E-state index contributed by atoms with van der Waals surface area (Å²) in [6, 6.07) is 25.9. The van der Waals surface area contributed by atoms with Crippen LogP contribution < -0.4 is 0 Å². The molecule has 0 spiro atoms. The Kier molecular flexibility index (Phi) is 26.9. The molecule has 0 bridgehead atoms. The Labute approximate surface area is 269 Å². The first-order valence-electron chi connectivity index (χ1n) is 13.8. The molecule has 3 aromatic carbocycles. The second-order valence-electron chi connectivity index (χ2n) is 10.4. The van der Waals surface area contributed by atoms with Gasteiger partial charge in [-0.3, -0.25) is 0 Å². The highest BCUT2D eigenvalue weighted by Crippen LogP contribution is 2.00. The summed E-state index contributed by atoms with van der Waals surface area (Å²) in [5.74, 6) is -2.68. The molecule has 0 aliphatic rings. The van der Waals surface area contributed by atoms with Crippen molar-refractivity contribution in [2.24, 2.45) is 0 Å². The van der Waals surface area contributed by atoms with Gasteiger partial charge in [0.15, 0.2) is 0 Å². The zero-order valence-corrected chi connectivity index (χ0v) is 26.8. The van der Waals surface area contributed by atoms with Gasteiger partial charge in [-0.15, -0.1) is 0 Å². The second-order valence-corrected chi connectivity index (χ2v) is 10.4. The molecule has 0 heterocycles. The van der Waals surface area contributed by atoms with Crippen LogP contribution in [0.25, 0.3) is 6.08 Å². The highest BCUT2D eigenvalue weighted by Gasteiger charge is 2.08. The smallest absolute Gasteiger partial charge is 0.335 e. The average Bonchev–Trinajstić information content (AvgIpc) is 3.02. The van der Waals surface area contributed by atoms with E-state index in [0.717, 1.165) is 11.6 Å². The topological polar surface area (TPSA) is 233 Å². The van der Waals surface area contributed by atoms with Gasteiger partial charge in [0.05, 0.1) is 48.3 Å². The van der Waals surface area contributed by atoms with Gasteiger partial charge in [0, 0.05) is 6.08 Å². The molecule has 0 saturated heterocycles. The lowest BCUT2D eigenvalue weighted by atomic mass is 10.2. The molecule has 0 aromatic heterocycles. The average molecular weight is 649 g/mol. The highest BCUT2D eigenvalue weighted by molar-refractivity contribution is 5.87. The maximum Gasteiger partial charge on any atom is 0.335 e. The summed E-state index contributed by atoms with van der Waals surface area (Å²) in [6.45, 7) is 7.24. The van der Waals surface area contributed by atoms with Gasteiger partial charge < -0.3 is 46.0 Å². The fourth-order valence-corrected chi connectivity index (χ4v) is 1.89. The fourth-order valence-electron chi connectivity index (χ4n) is 1.89. The monoisotopic (exact) mass is 648 g/mol. The molecule has 3 aromatic rings. The third-order valence-electron chi connectivity index (χ3n) is 4.30. The van der Waals surface area contributed by atoms with Crippen LogP contribution >= 0.6 is 0 Å². The Hall–Kier alpha value is -4.43. The first-order chi connectivity index (χ1) is 21.3. The summed E-state index contributed by atoms with van der Waals surface area (Å²) in [7, 11) is 0. The van der Waals surface area contributed by atoms with Crippen molar-refractivity contribution >= 4 is 24.0 Å². The molecule has 9 N–H and O–H groups in total. The van der Waals surface area contributed by atoms with Crippen LogP contribution in [0.1, 0.15) is 60.9 Å². The summed E-state index contributed by atoms with van der Waals surface area (Å²) < 4.78 is 0. The van der Waals surface area contributed by atoms with E-state index in [4.69, 9.17) is 46.0 Å². The number of hydrogen-bond acceptors (Lipinski definition) is 9. The van der Waals surface area contributed by atoms with Crippen LogP contribution in [0.5, 0.6) is 0 Å². The number of aliphatic hydroxyl groups excluding tert-OH is 4. The highest BCUT2D eigenvalue weighted by atomic mass is 16.4. The van der Waals surface area contributed by atoms with E-state index >= 15 is 0 Å². The van der Waals surface area contributed by atoms with Crippen LogP contribution in [-0.4, -0.2) is 101 Å². The predicted octanol–water partition coefficient (Wildman–Crippen LogP) is 3.41. The zero-order chi connectivity index (χ0) is 36.2. The summed E-state index contributed by atoms with van der Waals surface area (Å²) in [5, 5.41) is 74.5. The number of aliphatic carboxylic acids is 1. The Morgan fingerprint density at radius 1 is 0.630 bits per heavy atom. The summed E-state index contributed by atoms with van der Waals surface area (Å²) in [4.78, 5) is 30.5. The molecule has 0 aliphatic carbocycles. The van der Waals surface area contributed by atoms with E-state index < -0.39 is 35.2 Å². The minimum absolute atomic E-state index is 0.139. The maximum absolute atomic E-state index is 10.2. The van der Waals surface area contributed by atoms with E-state index in [1.807, 2.05) is 30.3 Å². The first-order valence-corrected chi connectivity index (χ1v) is 13.8. The van der Waals surface area contributed by atoms with E-state index in [1.54, 1.807) is 94.4 Å². The van der Waals surface area contributed by atoms with Crippen molar-refractivity contribution in [3.8, 4) is 0 Å². The number of carboxylic acids is 3. The number of hydrogen-bond donors (Lipinski definition) is 9. The summed E-state index contributed by atoms with van der Waals surface area (Å²) in [5.41, 5.74) is -0.245. The number of benzene rings is 3. The SMILES string of the molecule is CC(C)(O)CO.CC(C)(O)CO.CC(O)CO.O=C(O)C=Cc1ccccc1.O=C(O)c1ccccc1.O=C(O)c1ccccc1. The third kappa shape index (κ3) is 35.8. The second kappa shape index (κ2) is 26.9. The molecule has 0 saturated carbocycles. The maximum atomic E-state index is 10.2. The predicted molar refractivity (Wildman–Crippen MR) is 175 cm³/mol. The van der Waals surface area contributed by atoms with E-state index in [-0.39, 0.29) is 19.8 Å². The summed E-state index contributed by atoms with van der Waals surface area (Å²) >= 11 is 0. The van der Waals surface area contributed by atoms with Gasteiger partial charge in [-0.1, -0.05) is 66.7 Å². The molecule has 1 unspecified atom stereocenters. The lowest BCUT2D eigenvalue weighted by Crippen LogP contribution is -2.23. The van der Waals surface area contributed by atoms with Gasteiger partial charge >= 0.3 is 17.9 Å². The van der Waals surface area contributed by atoms with Crippen molar-refractivity contribution < 1.29 is 60.3 Å². The van der Waals surface area contributed by atoms with E-state index in [1.165, 1.54) is 6.92 Å². The Morgan fingerprint density at radius 3 is 1.07 bits per heavy atom. The summed E-state index contributed by atoms with van der Waals surface area (Å²) in [6.07, 6.45) is 2.12. The molecular formula is C34H48O12. The fraction of sp³-hybridized carbons (Fsp3) is 0.324. The molecule has 0 fully saturated rings. The molecule has 0 amide bonds. The van der Waals surface area contributed by atoms with Crippen molar-refractivity contribution in [3.63, 3.8) is 0 Å². The van der Waals surface area contributed by atoms with E-state index in [2.05, 4.69) is 0 Å². The first kappa shape index (κ1) is 46.0. The quantitative estimate of drug-likeness (QED) is 0.168.